The number of benzene rings is 1. The molecule has 0 amide bonds. The molecule has 0 spiro atoms. The lowest BCUT2D eigenvalue weighted by molar-refractivity contribution is -0.136. The van der Waals surface area contributed by atoms with Crippen LogP contribution in [-0.2, 0) is 12.7 Å². The summed E-state index contributed by atoms with van der Waals surface area (Å²) in [6.07, 6.45) is -0.996. The lowest BCUT2D eigenvalue weighted by atomic mass is 9.98. The predicted molar refractivity (Wildman–Crippen MR) is 108 cm³/mol. The first-order chi connectivity index (χ1) is 14.9. The third-order valence-electron chi connectivity index (χ3n) is 5.29. The van der Waals surface area contributed by atoms with Crippen molar-refractivity contribution in [2.24, 2.45) is 0 Å². The average Bonchev–Trinajstić information content (AvgIpc) is 3.49. The Balaban J connectivity index is 1.51. The normalized spacial score (nSPS) is 14.2. The molecule has 1 aliphatic carbocycles. The minimum absolute atomic E-state index is 0.0490. The van der Waals surface area contributed by atoms with Gasteiger partial charge >= 0.3 is 12.2 Å². The van der Waals surface area contributed by atoms with E-state index in [1.165, 1.54) is 6.07 Å². The van der Waals surface area contributed by atoms with E-state index in [9.17, 15) is 13.2 Å². The summed E-state index contributed by atoms with van der Waals surface area (Å²) >= 11 is 0. The molecule has 31 heavy (non-hydrogen) atoms. The van der Waals surface area contributed by atoms with Gasteiger partial charge in [0.15, 0.2) is 0 Å². The van der Waals surface area contributed by atoms with E-state index < -0.39 is 11.7 Å². The number of rotatable bonds is 5. The molecule has 0 radical (unpaired) electrons. The maximum absolute atomic E-state index is 13.8. The molecule has 1 aliphatic rings. The summed E-state index contributed by atoms with van der Waals surface area (Å²) in [4.78, 5) is 8.46. The zero-order chi connectivity index (χ0) is 21.6. The fourth-order valence-electron chi connectivity index (χ4n) is 3.56. The van der Waals surface area contributed by atoms with E-state index in [0.717, 1.165) is 24.1 Å². The van der Waals surface area contributed by atoms with Gasteiger partial charge in [-0.15, -0.1) is 5.10 Å². The van der Waals surface area contributed by atoms with Crippen molar-refractivity contribution in [3.63, 3.8) is 0 Å². The number of nitrogens with zero attached hydrogens (tertiary/aromatic N) is 4. The van der Waals surface area contributed by atoms with E-state index in [0.29, 0.717) is 17.5 Å². The Bertz CT molecular complexity index is 1250. The SMILES string of the molecule is Cc1cc(-c2nnc(NCc3ccccn3)o2)nc2c(C(F)(F)F)cc(C3CC3)cc12. The van der Waals surface area contributed by atoms with Crippen molar-refractivity contribution in [1.29, 1.82) is 0 Å². The number of hydrogen-bond donors (Lipinski definition) is 1. The largest absolute Gasteiger partial charge is 0.418 e. The maximum Gasteiger partial charge on any atom is 0.418 e. The summed E-state index contributed by atoms with van der Waals surface area (Å²) in [5.74, 6) is 0.251. The van der Waals surface area contributed by atoms with Gasteiger partial charge in [0.1, 0.15) is 5.69 Å². The molecule has 158 valence electrons. The Kier molecular flexibility index (Phi) is 4.60. The van der Waals surface area contributed by atoms with Gasteiger partial charge < -0.3 is 9.73 Å². The zero-order valence-corrected chi connectivity index (χ0v) is 16.6. The Hall–Kier alpha value is -3.49. The van der Waals surface area contributed by atoms with Crippen molar-refractivity contribution < 1.29 is 17.6 Å². The lowest BCUT2D eigenvalue weighted by Crippen LogP contribution is -2.08. The lowest BCUT2D eigenvalue weighted by Gasteiger charge is -2.14. The van der Waals surface area contributed by atoms with Crippen LogP contribution in [0.4, 0.5) is 19.2 Å². The van der Waals surface area contributed by atoms with Crippen LogP contribution in [-0.4, -0.2) is 20.2 Å². The summed E-state index contributed by atoms with van der Waals surface area (Å²) in [7, 11) is 0. The minimum Gasteiger partial charge on any atom is -0.402 e. The standard InChI is InChI=1S/C22H18F3N5O/c1-12-8-18(20-29-30-21(31-20)27-11-15-4-2-3-7-26-15)28-19-16(12)9-14(13-5-6-13)10-17(19)22(23,24)25/h2-4,7-10,13H,5-6,11H2,1H3,(H,27,30). The fraction of sp³-hybridized carbons (Fsp3) is 0.273. The molecular formula is C22H18F3N5O. The van der Waals surface area contributed by atoms with Crippen LogP contribution in [0.3, 0.4) is 0 Å². The summed E-state index contributed by atoms with van der Waals surface area (Å²) in [5, 5.41) is 11.3. The second-order valence-corrected chi connectivity index (χ2v) is 7.65. The van der Waals surface area contributed by atoms with Crippen molar-refractivity contribution in [2.45, 2.75) is 38.4 Å². The highest BCUT2D eigenvalue weighted by Crippen LogP contribution is 2.45. The van der Waals surface area contributed by atoms with E-state index in [4.69, 9.17) is 4.42 Å². The van der Waals surface area contributed by atoms with Crippen molar-refractivity contribution in [2.75, 3.05) is 5.32 Å². The number of alkyl halides is 3. The van der Waals surface area contributed by atoms with Gasteiger partial charge in [0.05, 0.1) is 23.3 Å². The van der Waals surface area contributed by atoms with E-state index in [2.05, 4.69) is 25.5 Å². The number of halogens is 3. The van der Waals surface area contributed by atoms with E-state index in [1.54, 1.807) is 19.2 Å². The minimum atomic E-state index is -4.51. The Morgan fingerprint density at radius 2 is 1.97 bits per heavy atom. The number of pyridine rings is 2. The molecule has 1 saturated carbocycles. The fourth-order valence-corrected chi connectivity index (χ4v) is 3.56. The van der Waals surface area contributed by atoms with Crippen LogP contribution in [0.5, 0.6) is 0 Å². The number of aryl methyl sites for hydroxylation is 1. The number of anilines is 1. The second-order valence-electron chi connectivity index (χ2n) is 7.65. The van der Waals surface area contributed by atoms with Crippen LogP contribution in [0.1, 0.15) is 41.1 Å². The first-order valence-corrected chi connectivity index (χ1v) is 9.88. The van der Waals surface area contributed by atoms with E-state index >= 15 is 0 Å². The second kappa shape index (κ2) is 7.33. The molecule has 1 fully saturated rings. The Morgan fingerprint density at radius 1 is 1.13 bits per heavy atom. The van der Waals surface area contributed by atoms with Crippen LogP contribution in [0, 0.1) is 6.92 Å². The topological polar surface area (TPSA) is 76.7 Å². The van der Waals surface area contributed by atoms with Crippen molar-refractivity contribution in [1.82, 2.24) is 20.2 Å². The summed E-state index contributed by atoms with van der Waals surface area (Å²) < 4.78 is 47.0. The number of hydrogen-bond acceptors (Lipinski definition) is 6. The quantitative estimate of drug-likeness (QED) is 0.455. The van der Waals surface area contributed by atoms with Gasteiger partial charge in [0.25, 0.3) is 5.89 Å². The zero-order valence-electron chi connectivity index (χ0n) is 16.6. The molecule has 0 bridgehead atoms. The molecule has 4 aromatic rings. The summed E-state index contributed by atoms with van der Waals surface area (Å²) in [6, 6.07) is 10.4. The number of nitrogens with one attached hydrogen (secondary N) is 1. The highest BCUT2D eigenvalue weighted by atomic mass is 19.4. The Morgan fingerprint density at radius 3 is 2.68 bits per heavy atom. The first kappa shape index (κ1) is 19.5. The smallest absolute Gasteiger partial charge is 0.402 e. The van der Waals surface area contributed by atoms with Crippen molar-refractivity contribution in [3.8, 4) is 11.6 Å². The van der Waals surface area contributed by atoms with Gasteiger partial charge in [-0.2, -0.15) is 13.2 Å². The molecule has 0 atom stereocenters. The van der Waals surface area contributed by atoms with Gasteiger partial charge in [-0.25, -0.2) is 4.98 Å². The summed E-state index contributed by atoms with van der Waals surface area (Å²) in [6.45, 7) is 2.13. The molecule has 3 heterocycles. The van der Waals surface area contributed by atoms with Crippen molar-refractivity contribution in [3.05, 3.63) is 65.0 Å². The monoisotopic (exact) mass is 425 g/mol. The number of fused-ring (bicyclic) bond motifs is 1. The maximum atomic E-state index is 13.8. The van der Waals surface area contributed by atoms with Crippen LogP contribution >= 0.6 is 0 Å². The first-order valence-electron chi connectivity index (χ1n) is 9.88. The predicted octanol–water partition coefficient (Wildman–Crippen LogP) is 5.50. The average molecular weight is 425 g/mol. The highest BCUT2D eigenvalue weighted by molar-refractivity contribution is 5.88. The molecule has 6 nitrogen and oxygen atoms in total. The molecule has 0 unspecified atom stereocenters. The third-order valence-corrected chi connectivity index (χ3v) is 5.29. The molecule has 0 saturated heterocycles. The van der Waals surface area contributed by atoms with Gasteiger partial charge in [-0.1, -0.05) is 11.2 Å². The van der Waals surface area contributed by atoms with Gasteiger partial charge in [0, 0.05) is 11.6 Å². The van der Waals surface area contributed by atoms with E-state index in [1.807, 2.05) is 24.3 Å². The highest BCUT2D eigenvalue weighted by Gasteiger charge is 2.36. The molecule has 3 aromatic heterocycles. The van der Waals surface area contributed by atoms with Crippen LogP contribution in [0.2, 0.25) is 0 Å². The molecule has 1 N–H and O–H groups in total. The van der Waals surface area contributed by atoms with Crippen LogP contribution < -0.4 is 5.32 Å². The summed E-state index contributed by atoms with van der Waals surface area (Å²) in [5.41, 5.74) is 1.54. The third kappa shape index (κ3) is 3.95. The van der Waals surface area contributed by atoms with Gasteiger partial charge in [0.2, 0.25) is 0 Å². The van der Waals surface area contributed by atoms with E-state index in [-0.39, 0.29) is 29.0 Å². The van der Waals surface area contributed by atoms with Crippen LogP contribution in [0.25, 0.3) is 22.5 Å². The van der Waals surface area contributed by atoms with Crippen molar-refractivity contribution >= 4 is 16.9 Å². The molecule has 0 aliphatic heterocycles. The number of aromatic nitrogens is 4. The molecule has 1 aromatic carbocycles. The molecular weight excluding hydrogens is 407 g/mol. The Labute approximate surface area is 175 Å². The molecule has 9 heteroatoms. The van der Waals surface area contributed by atoms with Gasteiger partial charge in [-0.3, -0.25) is 4.98 Å². The van der Waals surface area contributed by atoms with Crippen LogP contribution in [0.15, 0.2) is 47.0 Å². The van der Waals surface area contributed by atoms with Gasteiger partial charge in [-0.05, 0) is 67.1 Å². The molecule has 5 rings (SSSR count).